The fourth-order valence-electron chi connectivity index (χ4n) is 0.725. The highest BCUT2D eigenvalue weighted by Gasteiger charge is 1.90. The predicted octanol–water partition coefficient (Wildman–Crippen LogP) is 3.91. The van der Waals surface area contributed by atoms with Crippen molar-refractivity contribution < 1.29 is 27.5 Å². The predicted molar refractivity (Wildman–Crippen MR) is 52.2 cm³/mol. The van der Waals surface area contributed by atoms with Crippen LogP contribution < -0.4 is 5.32 Å². The Morgan fingerprint density at radius 3 is 1.69 bits per heavy atom. The molecule has 0 radical (unpaired) electrons. The quantitative estimate of drug-likeness (QED) is 0.746. The third-order valence-electron chi connectivity index (χ3n) is 1.09. The molecule has 1 N–H and O–H groups in total. The number of benzene rings is 1. The maximum absolute atomic E-state index is 10.5. The minimum Gasteiger partial charge on any atom is -0.326 e. The lowest BCUT2D eigenvalue weighted by atomic mass is 10.3. The molecule has 0 spiro atoms. The first kappa shape index (κ1) is 19.8. The number of anilines is 1. The van der Waals surface area contributed by atoms with Crippen LogP contribution in [0.15, 0.2) is 30.3 Å². The second kappa shape index (κ2) is 19.0. The molecule has 0 aromatic heterocycles. The van der Waals surface area contributed by atoms with E-state index in [9.17, 15) is 9.18 Å². The Labute approximate surface area is 89.8 Å². The number of alkyl halides is 1. The number of carbonyl (C=O) groups is 1. The van der Waals surface area contributed by atoms with Crippen LogP contribution in [0.5, 0.6) is 0 Å². The Kier molecular flexibility index (Phi) is 23.6. The number of nitrogens with one attached hydrogen (secondary N) is 1. The van der Waals surface area contributed by atoms with Crippen molar-refractivity contribution in [2.24, 2.45) is 0 Å². The molecule has 1 rings (SSSR count). The average Bonchev–Trinajstić information content (AvgIpc) is 2.37. The second-order valence-corrected chi connectivity index (χ2v) is 2.05. The molecular formula is C9H12F5NO. The van der Waals surface area contributed by atoms with Gasteiger partial charge in [-0.1, -0.05) is 18.2 Å². The molecule has 0 bridgehead atoms. The molecule has 0 atom stereocenters. The van der Waals surface area contributed by atoms with Gasteiger partial charge in [0.2, 0.25) is 5.91 Å². The number of hydrogen-bond donors (Lipinski definition) is 1. The summed E-state index contributed by atoms with van der Waals surface area (Å²) in [5.41, 5.74) is 0.843. The summed E-state index contributed by atoms with van der Waals surface area (Å²) in [6, 6.07) is 9.37. The third kappa shape index (κ3) is 14.8. The number of rotatable bonds is 1. The zero-order chi connectivity index (χ0) is 13.4. The van der Waals surface area contributed by atoms with Crippen LogP contribution >= 0.6 is 0 Å². The Morgan fingerprint density at radius 1 is 1.00 bits per heavy atom. The molecule has 0 aliphatic carbocycles. The summed E-state index contributed by atoms with van der Waals surface area (Å²) >= 11 is 0. The third-order valence-corrected chi connectivity index (χ3v) is 1.09. The van der Waals surface area contributed by atoms with Gasteiger partial charge in [-0.25, -0.2) is 0 Å². The van der Waals surface area contributed by atoms with Crippen LogP contribution in [0.1, 0.15) is 6.92 Å². The summed E-state index contributed by atoms with van der Waals surface area (Å²) < 4.78 is 41.5. The molecule has 0 saturated heterocycles. The van der Waals surface area contributed by atoms with Crippen LogP contribution in [0.4, 0.5) is 28.4 Å². The van der Waals surface area contributed by atoms with Gasteiger partial charge in [-0.15, -0.1) is 0 Å². The summed E-state index contributed by atoms with van der Waals surface area (Å²) in [6.07, 6.45) is 0. The maximum Gasteiger partial charge on any atom is 0.221 e. The van der Waals surface area contributed by atoms with E-state index in [1.165, 1.54) is 6.92 Å². The van der Waals surface area contributed by atoms with Gasteiger partial charge < -0.3 is 5.32 Å². The minimum atomic E-state index is -0.0359. The molecule has 0 unspecified atom stereocenters. The lowest BCUT2D eigenvalue weighted by Crippen LogP contribution is -2.04. The number of halogens is 5. The second-order valence-electron chi connectivity index (χ2n) is 2.05. The van der Waals surface area contributed by atoms with E-state index in [0.717, 1.165) is 5.69 Å². The lowest BCUT2D eigenvalue weighted by Gasteiger charge is -1.98. The molecule has 0 saturated carbocycles. The summed E-state index contributed by atoms with van der Waals surface area (Å²) in [5, 5.41) is 2.67. The van der Waals surface area contributed by atoms with Crippen LogP contribution in [-0.4, -0.2) is 13.1 Å². The van der Waals surface area contributed by atoms with Gasteiger partial charge >= 0.3 is 0 Å². The van der Waals surface area contributed by atoms with Crippen molar-refractivity contribution >= 4 is 11.6 Å². The average molecular weight is 245 g/mol. The molecule has 1 aromatic rings. The first-order valence-corrected chi connectivity index (χ1v) is 3.78. The fourth-order valence-corrected chi connectivity index (χ4v) is 0.725. The highest BCUT2D eigenvalue weighted by atomic mass is 20.0. The lowest BCUT2D eigenvalue weighted by molar-refractivity contribution is -0.114. The highest BCUT2D eigenvalue weighted by Crippen LogP contribution is 2.03. The first-order chi connectivity index (χ1) is 7.79. The summed E-state index contributed by atoms with van der Waals surface area (Å²) in [4.78, 5) is 10.5. The monoisotopic (exact) mass is 245 g/mol. The summed E-state index contributed by atoms with van der Waals surface area (Å²) in [6.45, 7) is 1.49. The van der Waals surface area contributed by atoms with Crippen molar-refractivity contribution in [1.29, 1.82) is 0 Å². The van der Waals surface area contributed by atoms with Gasteiger partial charge in [0.05, 0.1) is 7.18 Å². The molecule has 16 heavy (non-hydrogen) atoms. The highest BCUT2D eigenvalue weighted by molar-refractivity contribution is 5.88. The van der Waals surface area contributed by atoms with Crippen LogP contribution in [-0.2, 0) is 4.79 Å². The zero-order valence-corrected chi connectivity index (χ0v) is 8.68. The summed E-state index contributed by atoms with van der Waals surface area (Å²) in [5.74, 6) is -0.0359. The van der Waals surface area contributed by atoms with Crippen molar-refractivity contribution in [3.05, 3.63) is 30.3 Å². The molecule has 1 aromatic carbocycles. The van der Waals surface area contributed by atoms with E-state index >= 15 is 0 Å². The smallest absolute Gasteiger partial charge is 0.221 e. The van der Waals surface area contributed by atoms with Gasteiger partial charge in [0.25, 0.3) is 0 Å². The van der Waals surface area contributed by atoms with Crippen LogP contribution in [0.2, 0.25) is 0 Å². The van der Waals surface area contributed by atoms with E-state index in [1.807, 2.05) is 30.3 Å². The molecule has 94 valence electrons. The van der Waals surface area contributed by atoms with Crippen LogP contribution in [0.3, 0.4) is 0 Å². The maximum atomic E-state index is 10.5. The van der Waals surface area contributed by atoms with Crippen molar-refractivity contribution in [2.75, 3.05) is 12.5 Å². The number of para-hydroxylation sites is 1. The topological polar surface area (TPSA) is 29.1 Å². The Hall–Kier alpha value is -1.66. The Morgan fingerprint density at radius 2 is 1.38 bits per heavy atom. The van der Waals surface area contributed by atoms with E-state index in [1.54, 1.807) is 0 Å². The molecule has 0 fully saturated rings. The fraction of sp³-hybridized carbons (Fsp3) is 0.222. The van der Waals surface area contributed by atoms with Crippen LogP contribution in [0.25, 0.3) is 0 Å². The number of carbonyl (C=O) groups excluding carboxylic acids is 1. The van der Waals surface area contributed by atoms with Crippen LogP contribution in [0, 0.1) is 0 Å². The van der Waals surface area contributed by atoms with Gasteiger partial charge in [0.1, 0.15) is 0 Å². The number of amides is 1. The molecule has 2 nitrogen and oxygen atoms in total. The Balaban J connectivity index is -0.000000245. The molecule has 1 amide bonds. The van der Waals surface area contributed by atoms with Crippen molar-refractivity contribution in [2.45, 2.75) is 6.92 Å². The van der Waals surface area contributed by atoms with Gasteiger partial charge in [0, 0.05) is 30.9 Å². The normalized spacial score (nSPS) is 6.69. The van der Waals surface area contributed by atoms with Gasteiger partial charge in [-0.3, -0.25) is 9.18 Å². The van der Waals surface area contributed by atoms with Gasteiger partial charge in [-0.2, -0.15) is 0 Å². The van der Waals surface area contributed by atoms with Crippen molar-refractivity contribution in [3.8, 4) is 0 Å². The molecular weight excluding hydrogens is 233 g/mol. The molecule has 0 aliphatic heterocycles. The zero-order valence-electron chi connectivity index (χ0n) is 8.68. The van der Waals surface area contributed by atoms with Gasteiger partial charge in [0.15, 0.2) is 0 Å². The van der Waals surface area contributed by atoms with Crippen molar-refractivity contribution in [1.82, 2.24) is 0 Å². The largest absolute Gasteiger partial charge is 0.326 e. The molecule has 0 aliphatic rings. The van der Waals surface area contributed by atoms with E-state index in [4.69, 9.17) is 18.3 Å². The first-order valence-electron chi connectivity index (χ1n) is 3.78. The van der Waals surface area contributed by atoms with E-state index in [-0.39, 0.29) is 5.91 Å². The van der Waals surface area contributed by atoms with Gasteiger partial charge in [-0.05, 0) is 12.1 Å². The standard InChI is InChI=1S/C8H9NO.CH3F.2F2/c1-7(10)9-8-5-3-2-4-6-8;3*1-2/h2-6H,1H3,(H,9,10);1H3;;. The van der Waals surface area contributed by atoms with E-state index in [2.05, 4.69) is 5.32 Å². The minimum absolute atomic E-state index is 0.0359. The SMILES string of the molecule is CC(=O)Nc1ccccc1.CF.FF.FF. The van der Waals surface area contributed by atoms with Crippen molar-refractivity contribution in [3.63, 3.8) is 0 Å². The number of hydrogen-bond acceptors (Lipinski definition) is 1. The summed E-state index contributed by atoms with van der Waals surface area (Å²) in [7, 11) is 0.500. The van der Waals surface area contributed by atoms with E-state index in [0.29, 0.717) is 7.18 Å². The molecule has 7 heteroatoms. The Bertz CT molecular complexity index is 233. The van der Waals surface area contributed by atoms with E-state index < -0.39 is 0 Å². The molecule has 0 heterocycles.